The maximum atomic E-state index is 11.9. The molecule has 1 aromatic carbocycles. The molecule has 1 aliphatic heterocycles. The van der Waals surface area contributed by atoms with Crippen LogP contribution in [0.25, 0.3) is 0 Å². The summed E-state index contributed by atoms with van der Waals surface area (Å²) in [6.07, 6.45) is 0.885. The van der Waals surface area contributed by atoms with Crippen LogP contribution in [0.5, 0.6) is 11.5 Å². The lowest BCUT2D eigenvalue weighted by Gasteiger charge is -2.30. The number of hydrogen-bond acceptors (Lipinski definition) is 5. The number of hydrogen-bond donors (Lipinski definition) is 1. The number of carbonyl (C=O) groups is 1. The first kappa shape index (κ1) is 14.7. The van der Waals surface area contributed by atoms with E-state index in [-0.39, 0.29) is 17.8 Å². The van der Waals surface area contributed by atoms with Gasteiger partial charge in [-0.3, -0.25) is 4.79 Å². The number of piperidine rings is 1. The summed E-state index contributed by atoms with van der Waals surface area (Å²) in [6, 6.07) is 5.76. The number of rotatable bonds is 4. The van der Waals surface area contributed by atoms with E-state index < -0.39 is 0 Å². The topological polar surface area (TPSA) is 56.8 Å². The van der Waals surface area contributed by atoms with Crippen LogP contribution in [0, 0.1) is 5.92 Å². The first-order valence-electron chi connectivity index (χ1n) is 6.71. The SMILES string of the molecule is COC(=O)[C@H]1CNCC[C@H]1c1cc(OC)cc(OC)c1. The molecule has 0 radical (unpaired) electrons. The van der Waals surface area contributed by atoms with Crippen molar-refractivity contribution in [1.82, 2.24) is 5.32 Å². The molecule has 5 heteroatoms. The lowest BCUT2D eigenvalue weighted by Crippen LogP contribution is -2.40. The molecular formula is C15H21NO4. The summed E-state index contributed by atoms with van der Waals surface area (Å²) in [7, 11) is 4.68. The van der Waals surface area contributed by atoms with Gasteiger partial charge in [0.2, 0.25) is 0 Å². The Kier molecular flexibility index (Phi) is 4.84. The van der Waals surface area contributed by atoms with Gasteiger partial charge in [0.05, 0.1) is 27.2 Å². The minimum atomic E-state index is -0.177. The molecule has 1 heterocycles. The fraction of sp³-hybridized carbons (Fsp3) is 0.533. The standard InChI is InChI=1S/C15H21NO4/c1-18-11-6-10(7-12(8-11)19-2)13-4-5-16-9-14(13)15(17)20-3/h6-8,13-14,16H,4-5,9H2,1-3H3/t13-,14-/m0/s1. The second-order valence-corrected chi connectivity index (χ2v) is 4.87. The third-order valence-corrected chi connectivity index (χ3v) is 3.79. The van der Waals surface area contributed by atoms with E-state index >= 15 is 0 Å². The minimum Gasteiger partial charge on any atom is -0.497 e. The van der Waals surface area contributed by atoms with Crippen molar-refractivity contribution in [2.45, 2.75) is 12.3 Å². The van der Waals surface area contributed by atoms with Crippen LogP contribution in [0.3, 0.4) is 0 Å². The fourth-order valence-electron chi connectivity index (χ4n) is 2.70. The highest BCUT2D eigenvalue weighted by Gasteiger charge is 2.33. The van der Waals surface area contributed by atoms with Gasteiger partial charge in [-0.1, -0.05) is 0 Å². The van der Waals surface area contributed by atoms with Crippen LogP contribution in [0.4, 0.5) is 0 Å². The molecule has 2 atom stereocenters. The molecule has 110 valence electrons. The van der Waals surface area contributed by atoms with E-state index in [2.05, 4.69) is 5.32 Å². The number of nitrogens with one attached hydrogen (secondary N) is 1. The van der Waals surface area contributed by atoms with Crippen LogP contribution < -0.4 is 14.8 Å². The van der Waals surface area contributed by atoms with E-state index in [9.17, 15) is 4.79 Å². The highest BCUT2D eigenvalue weighted by molar-refractivity contribution is 5.74. The Hall–Kier alpha value is -1.75. The molecule has 1 fully saturated rings. The lowest BCUT2D eigenvalue weighted by molar-refractivity contribution is -0.146. The van der Waals surface area contributed by atoms with Crippen molar-refractivity contribution < 1.29 is 19.0 Å². The quantitative estimate of drug-likeness (QED) is 0.848. The molecule has 1 N–H and O–H groups in total. The van der Waals surface area contributed by atoms with Gasteiger partial charge in [-0.2, -0.15) is 0 Å². The first-order valence-corrected chi connectivity index (χ1v) is 6.71. The van der Waals surface area contributed by atoms with Crippen LogP contribution in [-0.4, -0.2) is 40.4 Å². The summed E-state index contributed by atoms with van der Waals surface area (Å²) in [5.41, 5.74) is 1.05. The zero-order valence-corrected chi connectivity index (χ0v) is 12.1. The lowest BCUT2D eigenvalue weighted by atomic mass is 9.81. The van der Waals surface area contributed by atoms with Gasteiger partial charge >= 0.3 is 5.97 Å². The zero-order valence-electron chi connectivity index (χ0n) is 12.1. The van der Waals surface area contributed by atoms with Crippen molar-refractivity contribution in [2.24, 2.45) is 5.92 Å². The average molecular weight is 279 g/mol. The van der Waals surface area contributed by atoms with Crippen molar-refractivity contribution in [1.29, 1.82) is 0 Å². The molecule has 0 saturated carbocycles. The highest BCUT2D eigenvalue weighted by Crippen LogP contribution is 2.35. The molecule has 0 unspecified atom stereocenters. The number of benzene rings is 1. The van der Waals surface area contributed by atoms with Crippen LogP contribution in [-0.2, 0) is 9.53 Å². The van der Waals surface area contributed by atoms with Crippen LogP contribution in [0.15, 0.2) is 18.2 Å². The number of methoxy groups -OCH3 is 3. The molecular weight excluding hydrogens is 258 g/mol. The number of esters is 1. The van der Waals surface area contributed by atoms with Gasteiger partial charge in [0, 0.05) is 12.6 Å². The Morgan fingerprint density at radius 2 is 1.80 bits per heavy atom. The molecule has 1 aromatic rings. The predicted octanol–water partition coefficient (Wildman–Crippen LogP) is 1.57. The monoisotopic (exact) mass is 279 g/mol. The fourth-order valence-corrected chi connectivity index (χ4v) is 2.70. The Balaban J connectivity index is 2.33. The summed E-state index contributed by atoms with van der Waals surface area (Å²) in [6.45, 7) is 1.52. The van der Waals surface area contributed by atoms with E-state index in [1.807, 2.05) is 18.2 Å². The van der Waals surface area contributed by atoms with E-state index in [1.54, 1.807) is 14.2 Å². The Bertz CT molecular complexity index is 453. The minimum absolute atomic E-state index is 0.118. The van der Waals surface area contributed by atoms with Crippen LogP contribution >= 0.6 is 0 Å². The molecule has 5 nitrogen and oxygen atoms in total. The van der Waals surface area contributed by atoms with E-state index in [0.717, 1.165) is 30.0 Å². The predicted molar refractivity (Wildman–Crippen MR) is 75.3 cm³/mol. The van der Waals surface area contributed by atoms with Gasteiger partial charge < -0.3 is 19.5 Å². The van der Waals surface area contributed by atoms with Gasteiger partial charge in [-0.15, -0.1) is 0 Å². The van der Waals surface area contributed by atoms with Gasteiger partial charge in [0.25, 0.3) is 0 Å². The number of ether oxygens (including phenoxy) is 3. The van der Waals surface area contributed by atoms with Gasteiger partial charge in [-0.25, -0.2) is 0 Å². The maximum absolute atomic E-state index is 11.9. The Labute approximate surface area is 119 Å². The maximum Gasteiger partial charge on any atom is 0.310 e. The van der Waals surface area contributed by atoms with Crippen LogP contribution in [0.1, 0.15) is 17.9 Å². The molecule has 0 spiro atoms. The molecule has 20 heavy (non-hydrogen) atoms. The smallest absolute Gasteiger partial charge is 0.310 e. The normalized spacial score (nSPS) is 22.1. The molecule has 0 aromatic heterocycles. The van der Waals surface area contributed by atoms with Crippen molar-refractivity contribution >= 4 is 5.97 Å². The third-order valence-electron chi connectivity index (χ3n) is 3.79. The number of carbonyl (C=O) groups excluding carboxylic acids is 1. The summed E-state index contributed by atoms with van der Waals surface area (Å²) in [5.74, 6) is 1.24. The largest absolute Gasteiger partial charge is 0.497 e. The Morgan fingerprint density at radius 1 is 1.15 bits per heavy atom. The van der Waals surface area contributed by atoms with E-state index in [4.69, 9.17) is 14.2 Å². The molecule has 0 bridgehead atoms. The zero-order chi connectivity index (χ0) is 14.5. The summed E-state index contributed by atoms with van der Waals surface area (Å²) in [5, 5.41) is 3.24. The van der Waals surface area contributed by atoms with Gasteiger partial charge in [0.1, 0.15) is 11.5 Å². The molecule has 0 amide bonds. The Morgan fingerprint density at radius 3 is 2.35 bits per heavy atom. The summed E-state index contributed by atoms with van der Waals surface area (Å²) >= 11 is 0. The van der Waals surface area contributed by atoms with Crippen molar-refractivity contribution in [2.75, 3.05) is 34.4 Å². The second-order valence-electron chi connectivity index (χ2n) is 4.87. The van der Waals surface area contributed by atoms with E-state index in [1.165, 1.54) is 7.11 Å². The summed E-state index contributed by atoms with van der Waals surface area (Å²) < 4.78 is 15.5. The molecule has 2 rings (SSSR count). The van der Waals surface area contributed by atoms with Crippen molar-refractivity contribution in [3.05, 3.63) is 23.8 Å². The third kappa shape index (κ3) is 3.04. The molecule has 1 aliphatic rings. The van der Waals surface area contributed by atoms with Crippen molar-refractivity contribution in [3.63, 3.8) is 0 Å². The first-order chi connectivity index (χ1) is 9.69. The van der Waals surface area contributed by atoms with Gasteiger partial charge in [0.15, 0.2) is 0 Å². The van der Waals surface area contributed by atoms with Crippen LogP contribution in [0.2, 0.25) is 0 Å². The summed E-state index contributed by atoms with van der Waals surface area (Å²) in [4.78, 5) is 11.9. The second kappa shape index (κ2) is 6.61. The van der Waals surface area contributed by atoms with Crippen molar-refractivity contribution in [3.8, 4) is 11.5 Å². The highest BCUT2D eigenvalue weighted by atomic mass is 16.5. The molecule has 0 aliphatic carbocycles. The average Bonchev–Trinajstić information content (AvgIpc) is 2.53. The van der Waals surface area contributed by atoms with Gasteiger partial charge in [-0.05, 0) is 36.6 Å². The van der Waals surface area contributed by atoms with E-state index in [0.29, 0.717) is 6.54 Å². The molecule has 1 saturated heterocycles.